The van der Waals surface area contributed by atoms with Crippen LogP contribution in [0.1, 0.15) is 52.4 Å². The molecular weight excluding hydrogens is 387 g/mol. The van der Waals surface area contributed by atoms with Crippen molar-refractivity contribution >= 4 is 21.9 Å². The van der Waals surface area contributed by atoms with Crippen molar-refractivity contribution in [3.05, 3.63) is 30.1 Å². The van der Waals surface area contributed by atoms with Crippen LogP contribution < -0.4 is 10.0 Å². The summed E-state index contributed by atoms with van der Waals surface area (Å²) in [6, 6.07) is 3.08. The molecule has 1 saturated carbocycles. The van der Waals surface area contributed by atoms with Gasteiger partial charge in [0.05, 0.1) is 4.90 Å². The third kappa shape index (κ3) is 6.56. The summed E-state index contributed by atoms with van der Waals surface area (Å²) in [4.78, 5) is 24.3. The smallest absolute Gasteiger partial charge is 0.324 e. The van der Waals surface area contributed by atoms with E-state index >= 15 is 0 Å². The zero-order chi connectivity index (χ0) is 20.7. The zero-order valence-electron chi connectivity index (χ0n) is 16.1. The number of carbonyl (C=O) groups excluding carboxylic acids is 2. The molecule has 9 heteroatoms. The maximum Gasteiger partial charge on any atom is 0.324 e. The van der Waals surface area contributed by atoms with Crippen LogP contribution in [-0.2, 0) is 24.3 Å². The molecule has 1 aliphatic rings. The lowest BCUT2D eigenvalue weighted by Gasteiger charge is -2.21. The normalized spacial score (nSPS) is 18.0. The van der Waals surface area contributed by atoms with Gasteiger partial charge in [0.15, 0.2) is 6.10 Å². The first kappa shape index (κ1) is 22.3. The highest BCUT2D eigenvalue weighted by Crippen LogP contribution is 2.17. The number of halogens is 1. The van der Waals surface area contributed by atoms with Gasteiger partial charge in [-0.15, -0.1) is 0 Å². The van der Waals surface area contributed by atoms with Crippen LogP contribution in [0.2, 0.25) is 0 Å². The van der Waals surface area contributed by atoms with Crippen molar-refractivity contribution in [1.82, 2.24) is 10.0 Å². The van der Waals surface area contributed by atoms with Crippen LogP contribution in [0.4, 0.5) is 4.39 Å². The lowest BCUT2D eigenvalue weighted by Crippen LogP contribution is -2.45. The number of amides is 1. The van der Waals surface area contributed by atoms with Crippen molar-refractivity contribution in [2.45, 2.75) is 75.5 Å². The van der Waals surface area contributed by atoms with Crippen molar-refractivity contribution in [1.29, 1.82) is 0 Å². The summed E-state index contributed by atoms with van der Waals surface area (Å²) in [6.07, 6.45) is 5.20. The monoisotopic (exact) mass is 414 g/mol. The summed E-state index contributed by atoms with van der Waals surface area (Å²) in [6.45, 7) is 2.77. The van der Waals surface area contributed by atoms with E-state index in [1.54, 1.807) is 0 Å². The summed E-state index contributed by atoms with van der Waals surface area (Å²) < 4.78 is 44.7. The molecule has 1 aromatic carbocycles. The van der Waals surface area contributed by atoms with Crippen LogP contribution in [0.15, 0.2) is 29.2 Å². The van der Waals surface area contributed by atoms with E-state index in [-0.39, 0.29) is 10.9 Å². The number of benzene rings is 1. The van der Waals surface area contributed by atoms with E-state index in [1.807, 2.05) is 0 Å². The molecule has 1 aliphatic carbocycles. The Hall–Kier alpha value is -2.00. The first-order valence-electron chi connectivity index (χ1n) is 9.48. The van der Waals surface area contributed by atoms with Gasteiger partial charge < -0.3 is 10.1 Å². The molecule has 156 valence electrons. The minimum absolute atomic E-state index is 0.0746. The fourth-order valence-electron chi connectivity index (χ4n) is 3.03. The molecule has 0 heterocycles. The van der Waals surface area contributed by atoms with E-state index in [0.29, 0.717) is 0 Å². The van der Waals surface area contributed by atoms with E-state index in [1.165, 1.54) is 13.8 Å². The lowest BCUT2D eigenvalue weighted by molar-refractivity contribution is -0.156. The highest BCUT2D eigenvalue weighted by atomic mass is 32.2. The molecule has 0 unspecified atom stereocenters. The van der Waals surface area contributed by atoms with Gasteiger partial charge >= 0.3 is 5.97 Å². The summed E-state index contributed by atoms with van der Waals surface area (Å²) in [7, 11) is -4.02. The molecule has 2 atom stereocenters. The molecule has 28 heavy (non-hydrogen) atoms. The first-order chi connectivity index (χ1) is 13.2. The van der Waals surface area contributed by atoms with Crippen LogP contribution >= 0.6 is 0 Å². The molecule has 1 amide bonds. The van der Waals surface area contributed by atoms with E-state index in [0.717, 1.165) is 62.8 Å². The largest absolute Gasteiger partial charge is 0.451 e. The second-order valence-corrected chi connectivity index (χ2v) is 8.79. The Balaban J connectivity index is 1.88. The van der Waals surface area contributed by atoms with Crippen LogP contribution in [0.3, 0.4) is 0 Å². The van der Waals surface area contributed by atoms with Crippen LogP contribution in [0, 0.1) is 5.82 Å². The molecule has 0 spiro atoms. The predicted octanol–water partition coefficient (Wildman–Crippen LogP) is 2.26. The van der Waals surface area contributed by atoms with Gasteiger partial charge in [0.1, 0.15) is 11.9 Å². The van der Waals surface area contributed by atoms with Gasteiger partial charge in [-0.1, -0.05) is 25.7 Å². The number of rotatable bonds is 7. The molecule has 7 nitrogen and oxygen atoms in total. The molecule has 0 radical (unpaired) electrons. The number of hydrogen-bond donors (Lipinski definition) is 2. The topological polar surface area (TPSA) is 102 Å². The molecule has 0 aromatic heterocycles. The number of sulfonamides is 1. The Labute approximate surface area is 165 Å². The quantitative estimate of drug-likeness (QED) is 0.526. The SMILES string of the molecule is C[C@H](NS(=O)(=O)c1ccc(F)cc1)C(=O)O[C@H](C)C(=O)NC1CCCCCC1. The van der Waals surface area contributed by atoms with Crippen LogP contribution in [0.5, 0.6) is 0 Å². The van der Waals surface area contributed by atoms with E-state index in [4.69, 9.17) is 4.74 Å². The number of hydrogen-bond acceptors (Lipinski definition) is 5. The number of ether oxygens (including phenoxy) is 1. The third-order valence-corrected chi connectivity index (χ3v) is 6.23. The van der Waals surface area contributed by atoms with Crippen LogP contribution in [-0.4, -0.2) is 38.5 Å². The second-order valence-electron chi connectivity index (χ2n) is 7.07. The van der Waals surface area contributed by atoms with E-state index < -0.39 is 39.9 Å². The third-order valence-electron chi connectivity index (χ3n) is 4.67. The highest BCUT2D eigenvalue weighted by molar-refractivity contribution is 7.89. The Bertz CT molecular complexity index is 774. The van der Waals surface area contributed by atoms with E-state index in [2.05, 4.69) is 10.0 Å². The minimum Gasteiger partial charge on any atom is -0.451 e. The summed E-state index contributed by atoms with van der Waals surface area (Å²) >= 11 is 0. The van der Waals surface area contributed by atoms with Gasteiger partial charge in [-0.05, 0) is 51.0 Å². The van der Waals surface area contributed by atoms with Gasteiger partial charge in [-0.2, -0.15) is 4.72 Å². The van der Waals surface area contributed by atoms with Crippen molar-refractivity contribution in [3.63, 3.8) is 0 Å². The molecule has 2 N–H and O–H groups in total. The summed E-state index contributed by atoms with van der Waals surface area (Å²) in [5.41, 5.74) is 0. The molecule has 0 saturated heterocycles. The van der Waals surface area contributed by atoms with Crippen molar-refractivity contribution in [2.24, 2.45) is 0 Å². The number of nitrogens with one attached hydrogen (secondary N) is 2. The fourth-order valence-corrected chi connectivity index (χ4v) is 4.23. The molecule has 1 fully saturated rings. The number of carbonyl (C=O) groups is 2. The molecular formula is C19H27FN2O5S. The highest BCUT2D eigenvalue weighted by Gasteiger charge is 2.27. The van der Waals surface area contributed by atoms with Gasteiger partial charge in [0.2, 0.25) is 10.0 Å². The summed E-state index contributed by atoms with van der Waals surface area (Å²) in [5, 5.41) is 2.89. The predicted molar refractivity (Wildman–Crippen MR) is 101 cm³/mol. The maximum atomic E-state index is 12.9. The maximum absolute atomic E-state index is 12.9. The fraction of sp³-hybridized carbons (Fsp3) is 0.579. The van der Waals surface area contributed by atoms with Gasteiger partial charge in [0, 0.05) is 6.04 Å². The molecule has 0 aliphatic heterocycles. The zero-order valence-corrected chi connectivity index (χ0v) is 16.9. The lowest BCUT2D eigenvalue weighted by atomic mass is 10.1. The average molecular weight is 414 g/mol. The first-order valence-corrected chi connectivity index (χ1v) is 11.0. The van der Waals surface area contributed by atoms with Gasteiger partial charge in [-0.25, -0.2) is 12.8 Å². The standard InChI is InChI=1S/C19H27FN2O5S/c1-13(22-28(25,26)17-11-9-15(20)10-12-17)19(24)27-14(2)18(23)21-16-7-5-3-4-6-8-16/h9-14,16,22H,3-8H2,1-2H3,(H,21,23)/t13-,14+/m0/s1. The van der Waals surface area contributed by atoms with Gasteiger partial charge in [0.25, 0.3) is 5.91 Å². The van der Waals surface area contributed by atoms with Crippen molar-refractivity contribution in [3.8, 4) is 0 Å². The van der Waals surface area contributed by atoms with Crippen molar-refractivity contribution < 1.29 is 27.1 Å². The van der Waals surface area contributed by atoms with Crippen molar-refractivity contribution in [2.75, 3.05) is 0 Å². The Morgan fingerprint density at radius 1 is 1.07 bits per heavy atom. The number of esters is 1. The van der Waals surface area contributed by atoms with E-state index in [9.17, 15) is 22.4 Å². The van der Waals surface area contributed by atoms with Crippen LogP contribution in [0.25, 0.3) is 0 Å². The minimum atomic E-state index is -4.02. The van der Waals surface area contributed by atoms with Gasteiger partial charge in [-0.3, -0.25) is 9.59 Å². The Morgan fingerprint density at radius 3 is 2.21 bits per heavy atom. The average Bonchev–Trinajstić information content (AvgIpc) is 2.90. The second kappa shape index (κ2) is 9.97. The summed E-state index contributed by atoms with van der Waals surface area (Å²) in [5.74, 6) is -1.83. The molecule has 1 aromatic rings. The molecule has 0 bridgehead atoms. The Morgan fingerprint density at radius 2 is 1.64 bits per heavy atom. The Kier molecular flexibility index (Phi) is 7.94. The molecule has 2 rings (SSSR count).